The summed E-state index contributed by atoms with van der Waals surface area (Å²) in [5.74, 6) is -0.139. The number of hydrogen-bond donors (Lipinski definition) is 1. The molecule has 1 unspecified atom stereocenters. The first-order chi connectivity index (χ1) is 11.6. The van der Waals surface area contributed by atoms with Crippen LogP contribution in [0.15, 0.2) is 36.4 Å². The van der Waals surface area contributed by atoms with Crippen molar-refractivity contribution in [1.82, 2.24) is 10.2 Å². The van der Waals surface area contributed by atoms with Crippen LogP contribution in [-0.2, 0) is 17.9 Å². The Hall–Kier alpha value is -1.43. The van der Waals surface area contributed by atoms with Crippen LogP contribution >= 0.6 is 22.9 Å². The zero-order chi connectivity index (χ0) is 16.9. The van der Waals surface area contributed by atoms with Crippen molar-refractivity contribution in [2.75, 3.05) is 13.1 Å². The molecule has 0 saturated carbocycles. The summed E-state index contributed by atoms with van der Waals surface area (Å²) in [6, 6.07) is 10.4. The van der Waals surface area contributed by atoms with Gasteiger partial charge in [0, 0.05) is 18.0 Å². The Labute approximate surface area is 150 Å². The molecule has 1 saturated heterocycles. The van der Waals surface area contributed by atoms with Crippen LogP contribution in [0, 0.1) is 11.7 Å². The van der Waals surface area contributed by atoms with E-state index >= 15 is 0 Å². The summed E-state index contributed by atoms with van der Waals surface area (Å²) >= 11 is 7.39. The molecule has 3 nitrogen and oxygen atoms in total. The summed E-state index contributed by atoms with van der Waals surface area (Å²) in [7, 11) is 0. The summed E-state index contributed by atoms with van der Waals surface area (Å²) in [6.45, 7) is 2.87. The fraction of sp³-hybridized carbons (Fsp3) is 0.389. The van der Waals surface area contributed by atoms with Gasteiger partial charge in [-0.05, 0) is 49.2 Å². The van der Waals surface area contributed by atoms with E-state index in [-0.39, 0.29) is 17.6 Å². The molecule has 1 aromatic carbocycles. The molecule has 128 valence electrons. The molecule has 1 N–H and O–H groups in total. The highest BCUT2D eigenvalue weighted by Gasteiger charge is 2.25. The van der Waals surface area contributed by atoms with E-state index < -0.39 is 0 Å². The molecular formula is C18H20ClFN2OS. The first-order valence-corrected chi connectivity index (χ1v) is 9.28. The molecule has 1 aliphatic rings. The maximum Gasteiger partial charge on any atom is 0.224 e. The minimum atomic E-state index is -0.214. The SMILES string of the molecule is O=C(NCc1ccc(Cl)s1)C1CCCN(Cc2cccc(F)c2)C1. The largest absolute Gasteiger partial charge is 0.351 e. The topological polar surface area (TPSA) is 32.3 Å². The van der Waals surface area contributed by atoms with Gasteiger partial charge in [-0.2, -0.15) is 0 Å². The average molecular weight is 367 g/mol. The smallest absolute Gasteiger partial charge is 0.224 e. The number of carbonyl (C=O) groups is 1. The minimum absolute atomic E-state index is 0.0113. The molecule has 6 heteroatoms. The van der Waals surface area contributed by atoms with Crippen LogP contribution < -0.4 is 5.32 Å². The third kappa shape index (κ3) is 4.79. The molecular weight excluding hydrogens is 347 g/mol. The number of thiophene rings is 1. The Bertz CT molecular complexity index is 706. The van der Waals surface area contributed by atoms with Crippen molar-refractivity contribution in [3.05, 3.63) is 57.0 Å². The van der Waals surface area contributed by atoms with Gasteiger partial charge in [-0.3, -0.25) is 9.69 Å². The van der Waals surface area contributed by atoms with Crippen LogP contribution in [-0.4, -0.2) is 23.9 Å². The van der Waals surface area contributed by atoms with Crippen LogP contribution in [0.4, 0.5) is 4.39 Å². The van der Waals surface area contributed by atoms with Crippen molar-refractivity contribution in [2.24, 2.45) is 5.92 Å². The maximum atomic E-state index is 13.3. The molecule has 0 bridgehead atoms. The van der Waals surface area contributed by atoms with Gasteiger partial charge < -0.3 is 5.32 Å². The lowest BCUT2D eigenvalue weighted by Gasteiger charge is -2.32. The van der Waals surface area contributed by atoms with Gasteiger partial charge in [0.05, 0.1) is 16.8 Å². The van der Waals surface area contributed by atoms with Gasteiger partial charge in [-0.25, -0.2) is 4.39 Å². The molecule has 1 aliphatic heterocycles. The van der Waals surface area contributed by atoms with Crippen molar-refractivity contribution in [3.8, 4) is 0 Å². The highest BCUT2D eigenvalue weighted by atomic mass is 35.5. The zero-order valence-corrected chi connectivity index (χ0v) is 14.9. The third-order valence-electron chi connectivity index (χ3n) is 4.24. The molecule has 1 aromatic heterocycles. The molecule has 2 aromatic rings. The first-order valence-electron chi connectivity index (χ1n) is 8.09. The number of hydrogen-bond acceptors (Lipinski definition) is 3. The minimum Gasteiger partial charge on any atom is -0.351 e. The van der Waals surface area contributed by atoms with E-state index in [9.17, 15) is 9.18 Å². The summed E-state index contributed by atoms with van der Waals surface area (Å²) in [5, 5.41) is 3.00. The number of carbonyl (C=O) groups excluding carboxylic acids is 1. The molecule has 1 amide bonds. The van der Waals surface area contributed by atoms with Gasteiger partial charge in [0.15, 0.2) is 0 Å². The van der Waals surface area contributed by atoms with Gasteiger partial charge in [-0.15, -0.1) is 11.3 Å². The Morgan fingerprint density at radius 1 is 1.38 bits per heavy atom. The lowest BCUT2D eigenvalue weighted by atomic mass is 9.96. The van der Waals surface area contributed by atoms with Crippen molar-refractivity contribution < 1.29 is 9.18 Å². The molecule has 1 fully saturated rings. The van der Waals surface area contributed by atoms with Crippen molar-refractivity contribution in [2.45, 2.75) is 25.9 Å². The number of amides is 1. The third-order valence-corrected chi connectivity index (χ3v) is 5.47. The van der Waals surface area contributed by atoms with Crippen LogP contribution in [0.2, 0.25) is 4.34 Å². The average Bonchev–Trinajstić information content (AvgIpc) is 2.98. The molecule has 24 heavy (non-hydrogen) atoms. The predicted octanol–water partition coefficient (Wildman–Crippen LogP) is 4.07. The van der Waals surface area contributed by atoms with E-state index in [1.54, 1.807) is 12.1 Å². The van der Waals surface area contributed by atoms with Gasteiger partial charge in [0.1, 0.15) is 5.82 Å². The lowest BCUT2D eigenvalue weighted by Crippen LogP contribution is -2.42. The van der Waals surface area contributed by atoms with E-state index in [4.69, 9.17) is 11.6 Å². The second kappa shape index (κ2) is 8.10. The van der Waals surface area contributed by atoms with E-state index in [2.05, 4.69) is 10.2 Å². The zero-order valence-electron chi connectivity index (χ0n) is 13.3. The number of nitrogens with one attached hydrogen (secondary N) is 1. The maximum absolute atomic E-state index is 13.3. The van der Waals surface area contributed by atoms with E-state index in [1.165, 1.54) is 17.4 Å². The molecule has 1 atom stereocenters. The molecule has 0 spiro atoms. The lowest BCUT2D eigenvalue weighted by molar-refractivity contribution is -0.126. The highest BCUT2D eigenvalue weighted by molar-refractivity contribution is 7.16. The van der Waals surface area contributed by atoms with Gasteiger partial charge in [0.2, 0.25) is 5.91 Å². The van der Waals surface area contributed by atoms with E-state index in [0.29, 0.717) is 19.6 Å². The Morgan fingerprint density at radius 2 is 2.25 bits per heavy atom. The van der Waals surface area contributed by atoms with Crippen molar-refractivity contribution in [3.63, 3.8) is 0 Å². The molecule has 3 rings (SSSR count). The fourth-order valence-corrected chi connectivity index (χ4v) is 4.10. The van der Waals surface area contributed by atoms with E-state index in [1.807, 2.05) is 18.2 Å². The number of nitrogens with zero attached hydrogens (tertiary/aromatic N) is 1. The number of rotatable bonds is 5. The predicted molar refractivity (Wildman–Crippen MR) is 95.6 cm³/mol. The number of likely N-dealkylation sites (tertiary alicyclic amines) is 1. The summed E-state index contributed by atoms with van der Waals surface area (Å²) in [6.07, 6.45) is 1.88. The van der Waals surface area contributed by atoms with Crippen LogP contribution in [0.25, 0.3) is 0 Å². The van der Waals surface area contributed by atoms with Crippen molar-refractivity contribution in [1.29, 1.82) is 0 Å². The van der Waals surface area contributed by atoms with Crippen LogP contribution in [0.5, 0.6) is 0 Å². The normalized spacial score (nSPS) is 18.5. The summed E-state index contributed by atoms with van der Waals surface area (Å²) in [5.41, 5.74) is 0.948. The number of halogens is 2. The van der Waals surface area contributed by atoms with Gasteiger partial charge in [0.25, 0.3) is 0 Å². The van der Waals surface area contributed by atoms with Gasteiger partial charge in [-0.1, -0.05) is 23.7 Å². The quantitative estimate of drug-likeness (QED) is 0.865. The van der Waals surface area contributed by atoms with Crippen LogP contribution in [0.3, 0.4) is 0 Å². The molecule has 0 radical (unpaired) electrons. The first kappa shape index (κ1) is 17.4. The Balaban J connectivity index is 1.51. The van der Waals surface area contributed by atoms with Gasteiger partial charge >= 0.3 is 0 Å². The second-order valence-electron chi connectivity index (χ2n) is 6.13. The van der Waals surface area contributed by atoms with E-state index in [0.717, 1.165) is 34.2 Å². The Kier molecular flexibility index (Phi) is 5.87. The standard InChI is InChI=1S/C18H20ClFN2OS/c19-17-7-6-16(24-17)10-21-18(23)14-4-2-8-22(12-14)11-13-3-1-5-15(20)9-13/h1,3,5-7,9,14H,2,4,8,10-12H2,(H,21,23). The van der Waals surface area contributed by atoms with Crippen molar-refractivity contribution >= 4 is 28.8 Å². The molecule has 2 heterocycles. The fourth-order valence-electron chi connectivity index (χ4n) is 3.07. The van der Waals surface area contributed by atoms with Crippen LogP contribution in [0.1, 0.15) is 23.3 Å². The summed E-state index contributed by atoms with van der Waals surface area (Å²) < 4.78 is 14.0. The highest BCUT2D eigenvalue weighted by Crippen LogP contribution is 2.22. The number of piperidine rings is 1. The Morgan fingerprint density at radius 3 is 3.00 bits per heavy atom. The molecule has 0 aliphatic carbocycles. The number of benzene rings is 1. The monoisotopic (exact) mass is 366 g/mol. The second-order valence-corrected chi connectivity index (χ2v) is 7.93. The summed E-state index contributed by atoms with van der Waals surface area (Å²) in [4.78, 5) is 15.7.